The third-order valence-corrected chi connectivity index (χ3v) is 5.59. The second-order valence-electron chi connectivity index (χ2n) is 6.32. The molecule has 0 bridgehead atoms. The third-order valence-electron chi connectivity index (χ3n) is 4.77. The highest BCUT2D eigenvalue weighted by Crippen LogP contribution is 2.29. The SMILES string of the molecule is CCc1cc(N2CCN(c3nc(CC)ns3)CC2)c2ccccc2n1. The lowest BCUT2D eigenvalue weighted by atomic mass is 10.1. The van der Waals surface area contributed by atoms with E-state index in [9.17, 15) is 0 Å². The Morgan fingerprint density at radius 2 is 1.72 bits per heavy atom. The fraction of sp³-hybridized carbons (Fsp3) is 0.421. The zero-order valence-electron chi connectivity index (χ0n) is 14.8. The van der Waals surface area contributed by atoms with Crippen LogP contribution in [0.2, 0.25) is 0 Å². The van der Waals surface area contributed by atoms with Gasteiger partial charge in [-0.25, -0.2) is 4.98 Å². The van der Waals surface area contributed by atoms with E-state index < -0.39 is 0 Å². The molecule has 2 aromatic heterocycles. The Labute approximate surface area is 152 Å². The van der Waals surface area contributed by atoms with Crippen LogP contribution in [0.4, 0.5) is 10.8 Å². The van der Waals surface area contributed by atoms with Crippen LogP contribution in [-0.2, 0) is 12.8 Å². The highest BCUT2D eigenvalue weighted by atomic mass is 32.1. The molecule has 0 amide bonds. The van der Waals surface area contributed by atoms with Gasteiger partial charge >= 0.3 is 0 Å². The molecule has 4 rings (SSSR count). The molecule has 3 heterocycles. The van der Waals surface area contributed by atoms with Crippen LogP contribution >= 0.6 is 11.5 Å². The summed E-state index contributed by atoms with van der Waals surface area (Å²) in [6.07, 6.45) is 1.86. The molecule has 130 valence electrons. The molecule has 1 fully saturated rings. The maximum absolute atomic E-state index is 4.77. The quantitative estimate of drug-likeness (QED) is 0.718. The van der Waals surface area contributed by atoms with Crippen molar-refractivity contribution in [2.75, 3.05) is 36.0 Å². The van der Waals surface area contributed by atoms with Gasteiger partial charge in [-0.05, 0) is 18.6 Å². The number of hydrogen-bond donors (Lipinski definition) is 0. The molecule has 1 aliphatic rings. The summed E-state index contributed by atoms with van der Waals surface area (Å²) in [5.74, 6) is 0.954. The number of pyridine rings is 1. The lowest BCUT2D eigenvalue weighted by Crippen LogP contribution is -2.46. The van der Waals surface area contributed by atoms with Crippen LogP contribution in [0.3, 0.4) is 0 Å². The molecule has 5 nitrogen and oxygen atoms in total. The molecular formula is C19H23N5S. The molecule has 6 heteroatoms. The summed E-state index contributed by atoms with van der Waals surface area (Å²) >= 11 is 1.52. The Hall–Kier alpha value is -2.21. The first kappa shape index (κ1) is 16.3. The monoisotopic (exact) mass is 353 g/mol. The van der Waals surface area contributed by atoms with Gasteiger partial charge < -0.3 is 9.80 Å². The normalized spacial score (nSPS) is 15.1. The van der Waals surface area contributed by atoms with Crippen molar-refractivity contribution in [1.82, 2.24) is 14.3 Å². The molecule has 0 unspecified atom stereocenters. The summed E-state index contributed by atoms with van der Waals surface area (Å²) < 4.78 is 4.42. The number of hydrogen-bond acceptors (Lipinski definition) is 6. The second-order valence-corrected chi connectivity index (χ2v) is 7.05. The Kier molecular flexibility index (Phi) is 4.53. The number of para-hydroxylation sites is 1. The van der Waals surface area contributed by atoms with Crippen molar-refractivity contribution < 1.29 is 0 Å². The van der Waals surface area contributed by atoms with Gasteiger partial charge in [0.05, 0.1) is 5.52 Å². The van der Waals surface area contributed by atoms with Gasteiger partial charge in [0.1, 0.15) is 5.82 Å². The number of aromatic nitrogens is 3. The minimum absolute atomic E-state index is 0.902. The van der Waals surface area contributed by atoms with Gasteiger partial charge in [0.15, 0.2) is 0 Å². The molecule has 1 aromatic carbocycles. The fourth-order valence-electron chi connectivity index (χ4n) is 3.31. The Morgan fingerprint density at radius 3 is 2.44 bits per heavy atom. The maximum atomic E-state index is 4.77. The zero-order valence-corrected chi connectivity index (χ0v) is 15.6. The van der Waals surface area contributed by atoms with E-state index in [1.807, 2.05) is 0 Å². The van der Waals surface area contributed by atoms with Crippen LogP contribution in [0.25, 0.3) is 10.9 Å². The van der Waals surface area contributed by atoms with Crippen LogP contribution in [-0.4, -0.2) is 40.5 Å². The van der Waals surface area contributed by atoms with Crippen LogP contribution in [0.15, 0.2) is 30.3 Å². The average molecular weight is 353 g/mol. The van der Waals surface area contributed by atoms with Crippen LogP contribution < -0.4 is 9.80 Å². The van der Waals surface area contributed by atoms with Gasteiger partial charge in [-0.2, -0.15) is 4.37 Å². The smallest absolute Gasteiger partial charge is 0.205 e. The van der Waals surface area contributed by atoms with Gasteiger partial charge in [0.2, 0.25) is 5.13 Å². The molecule has 25 heavy (non-hydrogen) atoms. The molecule has 1 aliphatic heterocycles. The molecule has 0 atom stereocenters. The third kappa shape index (κ3) is 3.18. The van der Waals surface area contributed by atoms with Gasteiger partial charge in [-0.15, -0.1) is 0 Å². The number of rotatable bonds is 4. The van der Waals surface area contributed by atoms with Crippen molar-refractivity contribution in [3.05, 3.63) is 41.9 Å². The average Bonchev–Trinajstić information content (AvgIpc) is 3.16. The van der Waals surface area contributed by atoms with Crippen LogP contribution in [0, 0.1) is 0 Å². The highest BCUT2D eigenvalue weighted by molar-refractivity contribution is 7.09. The second kappa shape index (κ2) is 6.96. The number of aryl methyl sites for hydroxylation is 2. The molecule has 0 spiro atoms. The van der Waals surface area contributed by atoms with Crippen molar-refractivity contribution in [2.45, 2.75) is 26.7 Å². The summed E-state index contributed by atoms with van der Waals surface area (Å²) in [6.45, 7) is 8.23. The first-order valence-corrected chi connectivity index (χ1v) is 9.77. The predicted octanol–water partition coefficient (Wildman–Crippen LogP) is 3.54. The summed E-state index contributed by atoms with van der Waals surface area (Å²) in [7, 11) is 0. The van der Waals surface area contributed by atoms with E-state index in [2.05, 4.69) is 63.3 Å². The van der Waals surface area contributed by atoms with E-state index in [1.54, 1.807) is 0 Å². The zero-order chi connectivity index (χ0) is 17.2. The van der Waals surface area contributed by atoms with E-state index in [4.69, 9.17) is 4.98 Å². The van der Waals surface area contributed by atoms with Crippen molar-refractivity contribution in [3.63, 3.8) is 0 Å². The minimum Gasteiger partial charge on any atom is -0.367 e. The van der Waals surface area contributed by atoms with Crippen molar-refractivity contribution >= 4 is 33.3 Å². The largest absolute Gasteiger partial charge is 0.367 e. The van der Waals surface area contributed by atoms with Gasteiger partial charge in [0, 0.05) is 60.9 Å². The number of fused-ring (bicyclic) bond motifs is 1. The Morgan fingerprint density at radius 1 is 0.960 bits per heavy atom. The predicted molar refractivity (Wildman–Crippen MR) is 105 cm³/mol. The molecular weight excluding hydrogens is 330 g/mol. The molecule has 3 aromatic rings. The lowest BCUT2D eigenvalue weighted by molar-refractivity contribution is 0.652. The van der Waals surface area contributed by atoms with Crippen molar-refractivity contribution in [3.8, 4) is 0 Å². The van der Waals surface area contributed by atoms with Crippen molar-refractivity contribution in [2.24, 2.45) is 0 Å². The van der Waals surface area contributed by atoms with Crippen LogP contribution in [0.5, 0.6) is 0 Å². The number of nitrogens with zero attached hydrogens (tertiary/aromatic N) is 5. The molecule has 0 N–H and O–H groups in total. The topological polar surface area (TPSA) is 45.2 Å². The Balaban J connectivity index is 1.57. The molecule has 0 aliphatic carbocycles. The van der Waals surface area contributed by atoms with E-state index in [-0.39, 0.29) is 0 Å². The van der Waals surface area contributed by atoms with E-state index in [1.165, 1.54) is 22.6 Å². The van der Waals surface area contributed by atoms with Crippen molar-refractivity contribution in [1.29, 1.82) is 0 Å². The fourth-order valence-corrected chi connectivity index (χ4v) is 4.11. The summed E-state index contributed by atoms with van der Waals surface area (Å²) in [6, 6.07) is 10.7. The first-order chi connectivity index (χ1) is 12.3. The van der Waals surface area contributed by atoms with Gasteiger partial charge in [-0.1, -0.05) is 32.0 Å². The van der Waals surface area contributed by atoms with E-state index in [0.29, 0.717) is 0 Å². The van der Waals surface area contributed by atoms with E-state index in [0.717, 1.165) is 61.2 Å². The molecule has 0 saturated carbocycles. The van der Waals surface area contributed by atoms with Gasteiger partial charge in [-0.3, -0.25) is 4.98 Å². The molecule has 0 radical (unpaired) electrons. The summed E-state index contributed by atoms with van der Waals surface area (Å²) in [5.41, 5.74) is 3.57. The highest BCUT2D eigenvalue weighted by Gasteiger charge is 2.21. The summed E-state index contributed by atoms with van der Waals surface area (Å²) in [5, 5.41) is 2.31. The van der Waals surface area contributed by atoms with Crippen LogP contribution in [0.1, 0.15) is 25.4 Å². The molecule has 1 saturated heterocycles. The maximum Gasteiger partial charge on any atom is 0.205 e. The lowest BCUT2D eigenvalue weighted by Gasteiger charge is -2.36. The van der Waals surface area contributed by atoms with Gasteiger partial charge in [0.25, 0.3) is 0 Å². The first-order valence-electron chi connectivity index (χ1n) is 8.99. The summed E-state index contributed by atoms with van der Waals surface area (Å²) in [4.78, 5) is 14.2. The number of benzene rings is 1. The minimum atomic E-state index is 0.902. The Bertz CT molecular complexity index is 867. The van der Waals surface area contributed by atoms with E-state index >= 15 is 0 Å². The standard InChI is InChI=1S/C19H23N5S/c1-3-14-13-17(15-7-5-6-8-16(15)20-14)23-9-11-24(12-10-23)19-21-18(4-2)22-25-19/h5-8,13H,3-4,9-12H2,1-2H3. The number of anilines is 2. The number of piperazine rings is 1.